The molecule has 2 rings (SSSR count). The molecular formula is C14H13Cl2N3S. The van der Waals surface area contributed by atoms with Gasteiger partial charge in [-0.25, -0.2) is 4.98 Å². The van der Waals surface area contributed by atoms with Crippen molar-refractivity contribution >= 4 is 46.4 Å². The van der Waals surface area contributed by atoms with Crippen LogP contribution in [0.15, 0.2) is 36.4 Å². The SMILES string of the molecule is Cc1nc(NC(=S)NCc2ccccc2Cl)ccc1Cl. The van der Waals surface area contributed by atoms with Gasteiger partial charge in [0.1, 0.15) is 5.82 Å². The molecule has 0 aliphatic heterocycles. The third-order valence-electron chi connectivity index (χ3n) is 2.66. The van der Waals surface area contributed by atoms with Gasteiger partial charge in [-0.3, -0.25) is 0 Å². The lowest BCUT2D eigenvalue weighted by molar-refractivity contribution is 0.925. The van der Waals surface area contributed by atoms with Crippen LogP contribution in [0, 0.1) is 6.92 Å². The van der Waals surface area contributed by atoms with Gasteiger partial charge in [0.25, 0.3) is 0 Å². The van der Waals surface area contributed by atoms with E-state index in [2.05, 4.69) is 15.6 Å². The molecule has 0 radical (unpaired) electrons. The van der Waals surface area contributed by atoms with Crippen LogP contribution in [-0.4, -0.2) is 10.1 Å². The van der Waals surface area contributed by atoms with Gasteiger partial charge in [0.2, 0.25) is 0 Å². The van der Waals surface area contributed by atoms with Crippen LogP contribution in [0.1, 0.15) is 11.3 Å². The van der Waals surface area contributed by atoms with E-state index in [-0.39, 0.29) is 0 Å². The van der Waals surface area contributed by atoms with Crippen LogP contribution in [0.5, 0.6) is 0 Å². The molecule has 0 fully saturated rings. The molecule has 0 unspecified atom stereocenters. The van der Waals surface area contributed by atoms with Crippen molar-refractivity contribution in [2.45, 2.75) is 13.5 Å². The van der Waals surface area contributed by atoms with E-state index in [1.807, 2.05) is 31.2 Å². The van der Waals surface area contributed by atoms with E-state index in [1.54, 1.807) is 12.1 Å². The molecule has 0 saturated carbocycles. The predicted octanol–water partition coefficient (Wildman–Crippen LogP) is 4.18. The molecule has 3 nitrogen and oxygen atoms in total. The minimum absolute atomic E-state index is 0.485. The van der Waals surface area contributed by atoms with Gasteiger partial charge in [0, 0.05) is 11.6 Å². The normalized spacial score (nSPS) is 10.2. The van der Waals surface area contributed by atoms with Crippen LogP contribution in [-0.2, 0) is 6.54 Å². The summed E-state index contributed by atoms with van der Waals surface area (Å²) in [6.07, 6.45) is 0. The average Bonchev–Trinajstić information content (AvgIpc) is 2.42. The number of thiocarbonyl (C=S) groups is 1. The summed E-state index contributed by atoms with van der Waals surface area (Å²) in [6.45, 7) is 2.39. The second-order valence-electron chi connectivity index (χ2n) is 4.16. The third kappa shape index (κ3) is 4.07. The second-order valence-corrected chi connectivity index (χ2v) is 5.39. The van der Waals surface area contributed by atoms with E-state index in [0.717, 1.165) is 11.3 Å². The van der Waals surface area contributed by atoms with Gasteiger partial charge < -0.3 is 10.6 Å². The van der Waals surface area contributed by atoms with Crippen molar-refractivity contribution in [2.75, 3.05) is 5.32 Å². The van der Waals surface area contributed by atoms with Crippen molar-refractivity contribution in [3.8, 4) is 0 Å². The van der Waals surface area contributed by atoms with Gasteiger partial charge in [-0.05, 0) is 42.9 Å². The zero-order valence-corrected chi connectivity index (χ0v) is 13.1. The molecule has 6 heteroatoms. The van der Waals surface area contributed by atoms with Crippen molar-refractivity contribution in [3.05, 3.63) is 57.7 Å². The summed E-state index contributed by atoms with van der Waals surface area (Å²) < 4.78 is 0. The highest BCUT2D eigenvalue weighted by atomic mass is 35.5. The van der Waals surface area contributed by atoms with Crippen LogP contribution < -0.4 is 10.6 Å². The number of nitrogens with zero attached hydrogens (tertiary/aromatic N) is 1. The fourth-order valence-corrected chi connectivity index (χ4v) is 2.08. The Labute approximate surface area is 133 Å². The Morgan fingerprint density at radius 1 is 1.15 bits per heavy atom. The summed E-state index contributed by atoms with van der Waals surface area (Å²) in [6, 6.07) is 11.2. The Hall–Kier alpha value is -1.36. The van der Waals surface area contributed by atoms with E-state index < -0.39 is 0 Å². The molecule has 0 aliphatic rings. The molecule has 1 aromatic heterocycles. The summed E-state index contributed by atoms with van der Waals surface area (Å²) in [7, 11) is 0. The topological polar surface area (TPSA) is 37.0 Å². The van der Waals surface area contributed by atoms with Crippen molar-refractivity contribution in [1.29, 1.82) is 0 Å². The first-order valence-corrected chi connectivity index (χ1v) is 7.14. The first-order valence-electron chi connectivity index (χ1n) is 5.97. The fraction of sp³-hybridized carbons (Fsp3) is 0.143. The minimum atomic E-state index is 0.485. The second kappa shape index (κ2) is 6.88. The van der Waals surface area contributed by atoms with Gasteiger partial charge in [0.05, 0.1) is 10.7 Å². The summed E-state index contributed by atoms with van der Waals surface area (Å²) >= 11 is 17.2. The molecule has 20 heavy (non-hydrogen) atoms. The molecule has 1 heterocycles. The first kappa shape index (κ1) is 15.0. The number of benzene rings is 1. The molecule has 0 amide bonds. The molecule has 0 aliphatic carbocycles. The van der Waals surface area contributed by atoms with Crippen LogP contribution in [0.2, 0.25) is 10.0 Å². The first-order chi connectivity index (χ1) is 9.56. The summed E-state index contributed by atoms with van der Waals surface area (Å²) in [5, 5.41) is 7.92. The number of aromatic nitrogens is 1. The van der Waals surface area contributed by atoms with Crippen molar-refractivity contribution in [2.24, 2.45) is 0 Å². The Morgan fingerprint density at radius 3 is 2.60 bits per heavy atom. The number of rotatable bonds is 3. The van der Waals surface area contributed by atoms with Crippen LogP contribution in [0.25, 0.3) is 0 Å². The van der Waals surface area contributed by atoms with Gasteiger partial charge in [0.15, 0.2) is 5.11 Å². The molecule has 0 bridgehead atoms. The van der Waals surface area contributed by atoms with Crippen LogP contribution in [0.4, 0.5) is 5.82 Å². The monoisotopic (exact) mass is 325 g/mol. The molecule has 104 valence electrons. The fourth-order valence-electron chi connectivity index (χ4n) is 1.59. The van der Waals surface area contributed by atoms with Gasteiger partial charge in [-0.15, -0.1) is 0 Å². The van der Waals surface area contributed by atoms with E-state index in [0.29, 0.717) is 27.5 Å². The van der Waals surface area contributed by atoms with E-state index >= 15 is 0 Å². The van der Waals surface area contributed by atoms with Gasteiger partial charge in [-0.2, -0.15) is 0 Å². The molecule has 1 aromatic carbocycles. The third-order valence-corrected chi connectivity index (χ3v) is 3.67. The summed E-state index contributed by atoms with van der Waals surface area (Å²) in [4.78, 5) is 4.29. The lowest BCUT2D eigenvalue weighted by atomic mass is 10.2. The van der Waals surface area contributed by atoms with Gasteiger partial charge >= 0.3 is 0 Å². The van der Waals surface area contributed by atoms with Crippen molar-refractivity contribution in [1.82, 2.24) is 10.3 Å². The number of hydrogen-bond donors (Lipinski definition) is 2. The minimum Gasteiger partial charge on any atom is -0.358 e. The van der Waals surface area contributed by atoms with E-state index in [4.69, 9.17) is 35.4 Å². The Bertz CT molecular complexity index is 632. The highest BCUT2D eigenvalue weighted by Gasteiger charge is 2.03. The number of anilines is 1. The maximum Gasteiger partial charge on any atom is 0.172 e. The zero-order chi connectivity index (χ0) is 14.5. The number of hydrogen-bond acceptors (Lipinski definition) is 2. The smallest absolute Gasteiger partial charge is 0.172 e. The molecule has 0 saturated heterocycles. The summed E-state index contributed by atoms with van der Waals surface area (Å²) in [5.41, 5.74) is 1.74. The maximum absolute atomic E-state index is 6.08. The highest BCUT2D eigenvalue weighted by Crippen LogP contribution is 2.16. The maximum atomic E-state index is 6.08. The molecular weight excluding hydrogens is 313 g/mol. The van der Waals surface area contributed by atoms with Crippen molar-refractivity contribution < 1.29 is 0 Å². The lowest BCUT2D eigenvalue weighted by Gasteiger charge is -2.11. The van der Waals surface area contributed by atoms with Gasteiger partial charge in [-0.1, -0.05) is 41.4 Å². The van der Waals surface area contributed by atoms with E-state index in [1.165, 1.54) is 0 Å². The average molecular weight is 326 g/mol. The van der Waals surface area contributed by atoms with Crippen LogP contribution >= 0.6 is 35.4 Å². The summed E-state index contributed by atoms with van der Waals surface area (Å²) in [5.74, 6) is 0.656. The standard InChI is InChI=1S/C14H13Cl2N3S/c1-9-11(15)6-7-13(18-9)19-14(20)17-8-10-4-2-3-5-12(10)16/h2-7H,8H2,1H3,(H2,17,18,19,20). The lowest BCUT2D eigenvalue weighted by Crippen LogP contribution is -2.28. The van der Waals surface area contributed by atoms with E-state index in [9.17, 15) is 0 Å². The Balaban J connectivity index is 1.93. The van der Waals surface area contributed by atoms with Crippen LogP contribution in [0.3, 0.4) is 0 Å². The quantitative estimate of drug-likeness (QED) is 0.830. The largest absolute Gasteiger partial charge is 0.358 e. The molecule has 2 aromatic rings. The molecule has 0 spiro atoms. The number of nitrogens with one attached hydrogen (secondary N) is 2. The molecule has 0 atom stereocenters. The highest BCUT2D eigenvalue weighted by molar-refractivity contribution is 7.80. The Morgan fingerprint density at radius 2 is 1.90 bits per heavy atom. The Kier molecular flexibility index (Phi) is 5.17. The zero-order valence-electron chi connectivity index (χ0n) is 10.8. The number of halogens is 2. The number of aryl methyl sites for hydroxylation is 1. The molecule has 2 N–H and O–H groups in total. The van der Waals surface area contributed by atoms with Crippen molar-refractivity contribution in [3.63, 3.8) is 0 Å². The predicted molar refractivity (Wildman–Crippen MR) is 88.5 cm³/mol. The number of pyridine rings is 1.